The van der Waals surface area contributed by atoms with E-state index in [-0.39, 0.29) is 11.5 Å². The maximum absolute atomic E-state index is 9.54. The molecular formula is C15H23NO2. The molecule has 2 unspecified atom stereocenters. The van der Waals surface area contributed by atoms with Gasteiger partial charge in [-0.1, -0.05) is 19.9 Å². The molecule has 1 fully saturated rings. The zero-order chi connectivity index (χ0) is 13.1. The lowest BCUT2D eigenvalue weighted by Gasteiger charge is -2.21. The van der Waals surface area contributed by atoms with Crippen LogP contribution in [0.3, 0.4) is 0 Å². The van der Waals surface area contributed by atoms with Crippen molar-refractivity contribution in [2.45, 2.75) is 45.1 Å². The minimum Gasteiger partial charge on any atom is -0.504 e. The molecule has 2 atom stereocenters. The van der Waals surface area contributed by atoms with E-state index in [0.717, 1.165) is 18.7 Å². The van der Waals surface area contributed by atoms with Crippen LogP contribution >= 0.6 is 0 Å². The molecule has 0 bridgehead atoms. The highest BCUT2D eigenvalue weighted by Gasteiger charge is 2.42. The van der Waals surface area contributed by atoms with Gasteiger partial charge in [-0.15, -0.1) is 0 Å². The van der Waals surface area contributed by atoms with Crippen LogP contribution in [0.1, 0.15) is 44.6 Å². The number of hydrogen-bond donors (Lipinski definition) is 2. The summed E-state index contributed by atoms with van der Waals surface area (Å²) < 4.78 is 0. The lowest BCUT2D eigenvalue weighted by Crippen LogP contribution is -2.28. The number of nitrogens with zero attached hydrogens (tertiary/aromatic N) is 1. The fourth-order valence-corrected chi connectivity index (χ4v) is 2.73. The van der Waals surface area contributed by atoms with E-state index in [4.69, 9.17) is 0 Å². The second-order valence-electron chi connectivity index (χ2n) is 5.19. The highest BCUT2D eigenvalue weighted by molar-refractivity contribution is 5.43. The maximum atomic E-state index is 9.54. The van der Waals surface area contributed by atoms with Gasteiger partial charge in [0.15, 0.2) is 11.5 Å². The van der Waals surface area contributed by atoms with Crippen molar-refractivity contribution in [3.8, 4) is 11.5 Å². The summed E-state index contributed by atoms with van der Waals surface area (Å²) in [6.45, 7) is 6.73. The van der Waals surface area contributed by atoms with Crippen LogP contribution in [0.15, 0.2) is 18.2 Å². The summed E-state index contributed by atoms with van der Waals surface area (Å²) in [5.41, 5.74) is 1.15. The number of hydrogen-bond acceptors (Lipinski definition) is 3. The van der Waals surface area contributed by atoms with Gasteiger partial charge < -0.3 is 10.2 Å². The van der Waals surface area contributed by atoms with Gasteiger partial charge in [0.1, 0.15) is 0 Å². The van der Waals surface area contributed by atoms with Gasteiger partial charge in [-0.05, 0) is 50.0 Å². The maximum Gasteiger partial charge on any atom is 0.157 e. The fraction of sp³-hybridized carbons (Fsp3) is 0.600. The molecule has 1 aliphatic rings. The summed E-state index contributed by atoms with van der Waals surface area (Å²) in [5.74, 6) is 0.486. The molecule has 2 N–H and O–H groups in total. The van der Waals surface area contributed by atoms with Crippen molar-refractivity contribution in [2.24, 2.45) is 0 Å². The van der Waals surface area contributed by atoms with E-state index < -0.39 is 0 Å². The first-order chi connectivity index (χ1) is 8.67. The molecule has 2 rings (SSSR count). The topological polar surface area (TPSA) is 43.7 Å². The largest absolute Gasteiger partial charge is 0.504 e. The minimum absolute atomic E-state index is 0.00400. The molecule has 0 aliphatic heterocycles. The van der Waals surface area contributed by atoms with Crippen LogP contribution in [0.25, 0.3) is 0 Å². The predicted octanol–water partition coefficient (Wildman–Crippen LogP) is 3.08. The Labute approximate surface area is 109 Å². The van der Waals surface area contributed by atoms with Gasteiger partial charge in [-0.3, -0.25) is 4.90 Å². The van der Waals surface area contributed by atoms with Gasteiger partial charge in [-0.25, -0.2) is 0 Å². The normalized spacial score (nSPS) is 22.4. The summed E-state index contributed by atoms with van der Waals surface area (Å²) in [5, 5.41) is 18.9. The van der Waals surface area contributed by atoms with Crippen LogP contribution in [-0.2, 0) is 0 Å². The highest BCUT2D eigenvalue weighted by Crippen LogP contribution is 2.46. The summed E-state index contributed by atoms with van der Waals surface area (Å²) in [6.07, 6.45) is 3.54. The molecule has 1 aromatic rings. The molecule has 1 aromatic carbocycles. The van der Waals surface area contributed by atoms with Gasteiger partial charge in [0.2, 0.25) is 0 Å². The number of aromatic hydroxyl groups is 2. The van der Waals surface area contributed by atoms with E-state index in [2.05, 4.69) is 18.7 Å². The van der Waals surface area contributed by atoms with E-state index in [0.29, 0.717) is 12.0 Å². The van der Waals surface area contributed by atoms with Crippen molar-refractivity contribution >= 4 is 0 Å². The number of rotatable bonds is 6. The molecule has 3 nitrogen and oxygen atoms in total. The van der Waals surface area contributed by atoms with Gasteiger partial charge in [0.25, 0.3) is 0 Å². The summed E-state index contributed by atoms with van der Waals surface area (Å²) in [6, 6.07) is 5.84. The third kappa shape index (κ3) is 2.78. The Balaban J connectivity index is 2.02. The fourth-order valence-electron chi connectivity index (χ4n) is 2.73. The molecule has 0 amide bonds. The predicted molar refractivity (Wildman–Crippen MR) is 73.1 cm³/mol. The molecule has 18 heavy (non-hydrogen) atoms. The highest BCUT2D eigenvalue weighted by atomic mass is 16.3. The Morgan fingerprint density at radius 3 is 2.33 bits per heavy atom. The van der Waals surface area contributed by atoms with E-state index >= 15 is 0 Å². The molecule has 0 heterocycles. The van der Waals surface area contributed by atoms with E-state index in [1.54, 1.807) is 12.1 Å². The minimum atomic E-state index is -0.0325. The summed E-state index contributed by atoms with van der Waals surface area (Å²) in [7, 11) is 0. The van der Waals surface area contributed by atoms with Crippen molar-refractivity contribution in [3.05, 3.63) is 23.8 Å². The monoisotopic (exact) mass is 249 g/mol. The average Bonchev–Trinajstić information content (AvgIpc) is 3.12. The van der Waals surface area contributed by atoms with E-state index in [9.17, 15) is 10.2 Å². The van der Waals surface area contributed by atoms with Crippen LogP contribution in [-0.4, -0.2) is 34.2 Å². The lowest BCUT2D eigenvalue weighted by molar-refractivity contribution is 0.260. The van der Waals surface area contributed by atoms with Crippen molar-refractivity contribution in [2.75, 3.05) is 13.1 Å². The third-order valence-corrected chi connectivity index (χ3v) is 3.68. The number of benzene rings is 1. The number of phenolic OH excluding ortho intramolecular Hbond substituents is 2. The van der Waals surface area contributed by atoms with Crippen LogP contribution in [0, 0.1) is 0 Å². The average molecular weight is 249 g/mol. The molecule has 1 saturated carbocycles. The SMILES string of the molecule is CCCN(CCC)C1CC1c1ccc(O)c(O)c1. The first-order valence-corrected chi connectivity index (χ1v) is 6.93. The first kappa shape index (κ1) is 13.2. The molecule has 0 aromatic heterocycles. The molecule has 0 saturated heterocycles. The molecule has 100 valence electrons. The zero-order valence-corrected chi connectivity index (χ0v) is 11.3. The second kappa shape index (κ2) is 5.61. The van der Waals surface area contributed by atoms with Gasteiger partial charge in [0, 0.05) is 12.0 Å². The van der Waals surface area contributed by atoms with Crippen molar-refractivity contribution in [1.82, 2.24) is 4.90 Å². The molecular weight excluding hydrogens is 226 g/mol. The van der Waals surface area contributed by atoms with Gasteiger partial charge >= 0.3 is 0 Å². The molecule has 0 radical (unpaired) electrons. The van der Waals surface area contributed by atoms with E-state index in [1.807, 2.05) is 6.07 Å². The smallest absolute Gasteiger partial charge is 0.157 e. The van der Waals surface area contributed by atoms with Crippen molar-refractivity contribution in [3.63, 3.8) is 0 Å². The Kier molecular flexibility index (Phi) is 4.12. The van der Waals surface area contributed by atoms with Gasteiger partial charge in [0.05, 0.1) is 0 Å². The number of phenols is 2. The molecule has 3 heteroatoms. The zero-order valence-electron chi connectivity index (χ0n) is 11.3. The van der Waals surface area contributed by atoms with Crippen LogP contribution < -0.4 is 0 Å². The quantitative estimate of drug-likeness (QED) is 0.761. The first-order valence-electron chi connectivity index (χ1n) is 6.93. The molecule has 1 aliphatic carbocycles. The van der Waals surface area contributed by atoms with Crippen molar-refractivity contribution in [1.29, 1.82) is 0 Å². The Hall–Kier alpha value is -1.22. The standard InChI is InChI=1S/C15H23NO2/c1-3-7-16(8-4-2)13-10-12(13)11-5-6-14(17)15(18)9-11/h5-6,9,12-13,17-18H,3-4,7-8,10H2,1-2H3. The lowest BCUT2D eigenvalue weighted by atomic mass is 10.1. The van der Waals surface area contributed by atoms with Crippen LogP contribution in [0.4, 0.5) is 0 Å². The molecule has 0 spiro atoms. The Morgan fingerprint density at radius 1 is 1.11 bits per heavy atom. The summed E-state index contributed by atoms with van der Waals surface area (Å²) in [4.78, 5) is 2.55. The van der Waals surface area contributed by atoms with Gasteiger partial charge in [-0.2, -0.15) is 0 Å². The Bertz CT molecular complexity index is 399. The Morgan fingerprint density at radius 2 is 1.78 bits per heavy atom. The van der Waals surface area contributed by atoms with Crippen LogP contribution in [0.5, 0.6) is 11.5 Å². The van der Waals surface area contributed by atoms with Crippen molar-refractivity contribution < 1.29 is 10.2 Å². The van der Waals surface area contributed by atoms with E-state index in [1.165, 1.54) is 19.3 Å². The second-order valence-corrected chi connectivity index (χ2v) is 5.19. The van der Waals surface area contributed by atoms with Crippen LogP contribution in [0.2, 0.25) is 0 Å². The summed E-state index contributed by atoms with van der Waals surface area (Å²) >= 11 is 0. The third-order valence-electron chi connectivity index (χ3n) is 3.68.